The quantitative estimate of drug-likeness (QED) is 0.524. The number of rotatable bonds is 8. The van der Waals surface area contributed by atoms with Crippen molar-refractivity contribution >= 4 is 17.8 Å². The molecule has 1 fully saturated rings. The molecule has 0 N–H and O–H groups in total. The maximum atomic E-state index is 12.3. The van der Waals surface area contributed by atoms with Gasteiger partial charge in [0.2, 0.25) is 0 Å². The van der Waals surface area contributed by atoms with Gasteiger partial charge in [-0.3, -0.25) is 9.59 Å². The van der Waals surface area contributed by atoms with E-state index in [-0.39, 0.29) is 37.4 Å². The first-order chi connectivity index (χ1) is 12.5. The van der Waals surface area contributed by atoms with Gasteiger partial charge in [0.25, 0.3) is 0 Å². The summed E-state index contributed by atoms with van der Waals surface area (Å²) in [6.45, 7) is 4.77. The Bertz CT molecular complexity index is 614. The van der Waals surface area contributed by atoms with Gasteiger partial charge in [-0.1, -0.05) is 44.2 Å². The van der Waals surface area contributed by atoms with Crippen LogP contribution in [0.3, 0.4) is 0 Å². The van der Waals surface area contributed by atoms with Gasteiger partial charge in [0.05, 0.1) is 6.04 Å². The van der Waals surface area contributed by atoms with Crippen LogP contribution in [0.4, 0.5) is 4.79 Å². The van der Waals surface area contributed by atoms with Crippen LogP contribution in [0.5, 0.6) is 0 Å². The molecule has 1 heterocycles. The lowest BCUT2D eigenvalue weighted by atomic mass is 10.1. The molecule has 1 atom stereocenters. The fraction of sp³-hybridized carbons (Fsp3) is 0.550. The highest BCUT2D eigenvalue weighted by atomic mass is 16.6. The van der Waals surface area contributed by atoms with Crippen LogP contribution in [0.1, 0.15) is 45.1 Å². The van der Waals surface area contributed by atoms with Crippen LogP contribution in [-0.4, -0.2) is 41.9 Å². The predicted octanol–water partition coefficient (Wildman–Crippen LogP) is 3.34. The van der Waals surface area contributed by atoms with Crippen LogP contribution >= 0.6 is 0 Å². The smallest absolute Gasteiger partial charge is 0.410 e. The average Bonchev–Trinajstić information content (AvgIpc) is 3.06. The molecule has 1 aliphatic rings. The molecule has 0 saturated carbocycles. The number of amides is 1. The van der Waals surface area contributed by atoms with Crippen LogP contribution in [0.25, 0.3) is 0 Å². The zero-order chi connectivity index (χ0) is 18.9. The Labute approximate surface area is 154 Å². The number of likely N-dealkylation sites (tertiary alicyclic amines) is 1. The minimum Gasteiger partial charge on any atom is -0.463 e. The lowest BCUT2D eigenvalue weighted by Crippen LogP contribution is -2.39. The molecule has 1 unspecified atom stereocenters. The Morgan fingerprint density at radius 1 is 1.15 bits per heavy atom. The number of nitrogens with zero attached hydrogens (tertiary/aromatic N) is 1. The summed E-state index contributed by atoms with van der Waals surface area (Å²) in [4.78, 5) is 37.4. The molecule has 6 heteroatoms. The van der Waals surface area contributed by atoms with Crippen molar-refractivity contribution in [3.8, 4) is 0 Å². The first-order valence-corrected chi connectivity index (χ1v) is 9.10. The number of Topliss-reactive ketones (excluding diaryl/α,β-unsaturated/α-hetero) is 1. The molecule has 1 amide bonds. The topological polar surface area (TPSA) is 72.9 Å². The van der Waals surface area contributed by atoms with E-state index in [1.807, 2.05) is 44.2 Å². The zero-order valence-corrected chi connectivity index (χ0v) is 15.5. The largest absolute Gasteiger partial charge is 0.463 e. The van der Waals surface area contributed by atoms with E-state index in [1.165, 1.54) is 0 Å². The van der Waals surface area contributed by atoms with Gasteiger partial charge in [-0.05, 0) is 24.3 Å². The van der Waals surface area contributed by atoms with Gasteiger partial charge in [-0.2, -0.15) is 0 Å². The third kappa shape index (κ3) is 6.50. The van der Waals surface area contributed by atoms with E-state index in [1.54, 1.807) is 4.90 Å². The van der Waals surface area contributed by atoms with Crippen molar-refractivity contribution in [1.29, 1.82) is 0 Å². The summed E-state index contributed by atoms with van der Waals surface area (Å²) >= 11 is 0. The minimum absolute atomic E-state index is 0.105. The van der Waals surface area contributed by atoms with Crippen molar-refractivity contribution in [2.24, 2.45) is 5.92 Å². The highest BCUT2D eigenvalue weighted by molar-refractivity contribution is 5.95. The Hall–Kier alpha value is -2.37. The number of carbonyl (C=O) groups is 3. The molecule has 26 heavy (non-hydrogen) atoms. The highest BCUT2D eigenvalue weighted by Gasteiger charge is 2.31. The highest BCUT2D eigenvalue weighted by Crippen LogP contribution is 2.19. The number of ketones is 1. The van der Waals surface area contributed by atoms with E-state index in [4.69, 9.17) is 9.47 Å². The van der Waals surface area contributed by atoms with Crippen molar-refractivity contribution < 1.29 is 23.9 Å². The average molecular weight is 361 g/mol. The van der Waals surface area contributed by atoms with Crippen LogP contribution in [0.2, 0.25) is 0 Å². The van der Waals surface area contributed by atoms with Crippen LogP contribution in [0, 0.1) is 5.92 Å². The third-order valence-corrected chi connectivity index (χ3v) is 4.23. The fourth-order valence-corrected chi connectivity index (χ4v) is 2.98. The number of hydrogen-bond acceptors (Lipinski definition) is 5. The number of carbonyl (C=O) groups excluding carboxylic acids is 3. The van der Waals surface area contributed by atoms with E-state index < -0.39 is 12.1 Å². The van der Waals surface area contributed by atoms with E-state index in [2.05, 4.69) is 0 Å². The monoisotopic (exact) mass is 361 g/mol. The SMILES string of the molecule is CC(C)CC(=O)CC(=O)OCC1CCCN1C(=O)OCc1ccccc1. The van der Waals surface area contributed by atoms with Crippen molar-refractivity contribution in [3.05, 3.63) is 35.9 Å². The Kier molecular flexibility index (Phi) is 7.63. The molecule has 2 rings (SSSR count). The second-order valence-corrected chi connectivity index (χ2v) is 7.03. The summed E-state index contributed by atoms with van der Waals surface area (Å²) in [6, 6.07) is 9.28. The van der Waals surface area contributed by atoms with Crippen LogP contribution < -0.4 is 0 Å². The zero-order valence-electron chi connectivity index (χ0n) is 15.5. The standard InChI is InChI=1S/C20H27NO5/c1-15(2)11-18(22)12-19(23)25-14-17-9-6-10-21(17)20(24)26-13-16-7-4-3-5-8-16/h3-5,7-8,15,17H,6,9-14H2,1-2H3. The number of benzene rings is 1. The first kappa shape index (κ1) is 19.9. The van der Waals surface area contributed by atoms with Crippen LogP contribution in [-0.2, 0) is 25.7 Å². The summed E-state index contributed by atoms with van der Waals surface area (Å²) in [5.74, 6) is -0.421. The molecule has 142 valence electrons. The summed E-state index contributed by atoms with van der Waals surface area (Å²) in [5.41, 5.74) is 0.923. The Morgan fingerprint density at radius 3 is 2.58 bits per heavy atom. The maximum Gasteiger partial charge on any atom is 0.410 e. The molecule has 0 aliphatic carbocycles. The van der Waals surface area contributed by atoms with Crippen LogP contribution in [0.15, 0.2) is 30.3 Å². The lowest BCUT2D eigenvalue weighted by Gasteiger charge is -2.23. The molecule has 0 aromatic heterocycles. The van der Waals surface area contributed by atoms with Crippen molar-refractivity contribution in [3.63, 3.8) is 0 Å². The molecule has 0 spiro atoms. The van der Waals surface area contributed by atoms with Crippen molar-refractivity contribution in [1.82, 2.24) is 4.90 Å². The second-order valence-electron chi connectivity index (χ2n) is 7.03. The molecule has 1 aromatic rings. The van der Waals surface area contributed by atoms with Gasteiger partial charge in [0.15, 0.2) is 0 Å². The summed E-state index contributed by atoms with van der Waals surface area (Å²) < 4.78 is 10.6. The van der Waals surface area contributed by atoms with E-state index in [0.29, 0.717) is 13.0 Å². The molecule has 0 bridgehead atoms. The Morgan fingerprint density at radius 2 is 1.88 bits per heavy atom. The predicted molar refractivity (Wildman–Crippen MR) is 96.4 cm³/mol. The van der Waals surface area contributed by atoms with Gasteiger partial charge >= 0.3 is 12.1 Å². The summed E-state index contributed by atoms with van der Waals surface area (Å²) in [6.07, 6.45) is 1.37. The van der Waals surface area contributed by atoms with Gasteiger partial charge in [0.1, 0.15) is 25.4 Å². The fourth-order valence-electron chi connectivity index (χ4n) is 2.98. The summed E-state index contributed by atoms with van der Waals surface area (Å²) in [7, 11) is 0. The van der Waals surface area contributed by atoms with E-state index in [9.17, 15) is 14.4 Å². The normalized spacial score (nSPS) is 16.6. The molecule has 1 aromatic carbocycles. The molecule has 6 nitrogen and oxygen atoms in total. The van der Waals surface area contributed by atoms with Crippen molar-refractivity contribution in [2.75, 3.05) is 13.2 Å². The van der Waals surface area contributed by atoms with Crippen molar-refractivity contribution in [2.45, 2.75) is 52.2 Å². The van der Waals surface area contributed by atoms with Gasteiger partial charge in [0, 0.05) is 13.0 Å². The number of hydrogen-bond donors (Lipinski definition) is 0. The summed E-state index contributed by atoms with van der Waals surface area (Å²) in [5, 5.41) is 0. The molecular weight excluding hydrogens is 334 g/mol. The van der Waals surface area contributed by atoms with Gasteiger partial charge in [-0.25, -0.2) is 4.79 Å². The molecular formula is C20H27NO5. The number of ether oxygens (including phenoxy) is 2. The second kappa shape index (κ2) is 9.94. The Balaban J connectivity index is 1.75. The van der Waals surface area contributed by atoms with Gasteiger partial charge in [-0.15, -0.1) is 0 Å². The van der Waals surface area contributed by atoms with Gasteiger partial charge < -0.3 is 14.4 Å². The molecule has 1 aliphatic heterocycles. The number of esters is 1. The first-order valence-electron chi connectivity index (χ1n) is 9.10. The van der Waals surface area contributed by atoms with E-state index in [0.717, 1.165) is 18.4 Å². The third-order valence-electron chi connectivity index (χ3n) is 4.23. The molecule has 1 saturated heterocycles. The lowest BCUT2D eigenvalue weighted by molar-refractivity contribution is -0.147. The molecule has 0 radical (unpaired) electrons. The maximum absolute atomic E-state index is 12.3. The van der Waals surface area contributed by atoms with E-state index >= 15 is 0 Å². The minimum atomic E-state index is -0.528.